The minimum Gasteiger partial charge on any atom is -0.373 e. The Morgan fingerprint density at radius 1 is 1.77 bits per heavy atom. The van der Waals surface area contributed by atoms with Crippen LogP contribution in [-0.2, 0) is 4.79 Å². The van der Waals surface area contributed by atoms with Crippen LogP contribution in [0.1, 0.15) is 33.1 Å². The number of rotatable bonds is 2. The van der Waals surface area contributed by atoms with Crippen molar-refractivity contribution in [3.63, 3.8) is 0 Å². The summed E-state index contributed by atoms with van der Waals surface area (Å²) in [6.07, 6.45) is 1.06. The molecule has 0 bridgehead atoms. The molecule has 1 saturated heterocycles. The lowest BCUT2D eigenvalue weighted by atomic mass is 10.2. The number of hydrogen-bond acceptors (Lipinski definition) is 2. The third kappa shape index (κ3) is 2.22. The van der Waals surface area contributed by atoms with Crippen molar-refractivity contribution in [2.24, 2.45) is 0 Å². The van der Waals surface area contributed by atoms with E-state index in [-0.39, 0.29) is 11.9 Å². The molecule has 1 amide bonds. The molecule has 0 aromatic carbocycles. The first kappa shape index (κ1) is 10.1. The summed E-state index contributed by atoms with van der Waals surface area (Å²) in [5.41, 5.74) is 0. The third-order valence-electron chi connectivity index (χ3n) is 2.27. The first-order chi connectivity index (χ1) is 6.16. The second kappa shape index (κ2) is 4.29. The molecular weight excluding hydrogens is 166 g/mol. The molecule has 1 aliphatic rings. The zero-order valence-electron chi connectivity index (χ0n) is 8.08. The zero-order chi connectivity index (χ0) is 9.84. The summed E-state index contributed by atoms with van der Waals surface area (Å²) in [7, 11) is 0. The molecule has 0 radical (unpaired) electrons. The van der Waals surface area contributed by atoms with Crippen LogP contribution in [-0.4, -0.2) is 28.2 Å². The molecule has 2 atom stereocenters. The van der Waals surface area contributed by atoms with Gasteiger partial charge in [-0.25, -0.2) is 0 Å². The van der Waals surface area contributed by atoms with Gasteiger partial charge in [-0.1, -0.05) is 0 Å². The number of likely N-dealkylation sites (tertiary alicyclic amines) is 1. The van der Waals surface area contributed by atoms with Crippen LogP contribution in [0.5, 0.6) is 0 Å². The van der Waals surface area contributed by atoms with E-state index in [1.165, 1.54) is 4.90 Å². The van der Waals surface area contributed by atoms with Gasteiger partial charge in [0.15, 0.2) is 0 Å². The first-order valence-electron chi connectivity index (χ1n) is 4.55. The van der Waals surface area contributed by atoms with Crippen molar-refractivity contribution in [2.45, 2.75) is 45.4 Å². The van der Waals surface area contributed by atoms with Gasteiger partial charge in [0, 0.05) is 25.3 Å². The van der Waals surface area contributed by atoms with Gasteiger partial charge in [-0.15, -0.1) is 11.8 Å². The van der Waals surface area contributed by atoms with Crippen LogP contribution in [0.4, 0.5) is 0 Å². The van der Waals surface area contributed by atoms with Crippen molar-refractivity contribution in [1.82, 2.24) is 4.90 Å². The molecule has 72 valence electrons. The lowest BCUT2D eigenvalue weighted by molar-refractivity contribution is -0.135. The summed E-state index contributed by atoms with van der Waals surface area (Å²) < 4.78 is 0. The van der Waals surface area contributed by atoms with Crippen molar-refractivity contribution in [2.75, 3.05) is 0 Å². The summed E-state index contributed by atoms with van der Waals surface area (Å²) in [4.78, 5) is 12.8. The van der Waals surface area contributed by atoms with Crippen LogP contribution in [0.3, 0.4) is 0 Å². The van der Waals surface area contributed by atoms with Gasteiger partial charge in [-0.3, -0.25) is 4.79 Å². The molecule has 0 aromatic rings. The second-order valence-corrected chi connectivity index (χ2v) is 3.30. The van der Waals surface area contributed by atoms with E-state index in [1.807, 2.05) is 6.92 Å². The minimum atomic E-state index is -0.596. The largest absolute Gasteiger partial charge is 0.373 e. The quantitative estimate of drug-likeness (QED) is 0.638. The van der Waals surface area contributed by atoms with Gasteiger partial charge in [0.2, 0.25) is 5.91 Å². The Morgan fingerprint density at radius 2 is 2.46 bits per heavy atom. The van der Waals surface area contributed by atoms with E-state index in [1.54, 1.807) is 6.92 Å². The molecule has 0 aromatic heterocycles. The van der Waals surface area contributed by atoms with E-state index >= 15 is 0 Å². The van der Waals surface area contributed by atoms with Crippen LogP contribution in [0.25, 0.3) is 0 Å². The molecule has 1 fully saturated rings. The predicted molar refractivity (Wildman–Crippen MR) is 49.6 cm³/mol. The Morgan fingerprint density at radius 3 is 2.92 bits per heavy atom. The van der Waals surface area contributed by atoms with Crippen LogP contribution >= 0.6 is 0 Å². The molecule has 2 unspecified atom stereocenters. The fraction of sp³-hybridized carbons (Fsp3) is 0.700. The highest BCUT2D eigenvalue weighted by Gasteiger charge is 2.32. The Hall–Kier alpha value is -1.01. The third-order valence-corrected chi connectivity index (χ3v) is 2.27. The summed E-state index contributed by atoms with van der Waals surface area (Å²) in [6, 6.07) is 0.0254. The van der Waals surface area contributed by atoms with Crippen LogP contribution in [0.2, 0.25) is 0 Å². The van der Waals surface area contributed by atoms with Crippen molar-refractivity contribution in [3.05, 3.63) is 0 Å². The van der Waals surface area contributed by atoms with E-state index < -0.39 is 6.23 Å². The second-order valence-electron chi connectivity index (χ2n) is 3.30. The molecule has 3 heteroatoms. The zero-order valence-corrected chi connectivity index (χ0v) is 8.08. The number of aliphatic hydroxyl groups excluding tert-OH is 1. The van der Waals surface area contributed by atoms with Crippen molar-refractivity contribution in [1.29, 1.82) is 0 Å². The van der Waals surface area contributed by atoms with E-state index in [0.29, 0.717) is 19.3 Å². The molecular formula is C10H15NO2. The molecule has 1 N–H and O–H groups in total. The van der Waals surface area contributed by atoms with Gasteiger partial charge in [-0.05, 0) is 13.8 Å². The van der Waals surface area contributed by atoms with Gasteiger partial charge in [0.05, 0.1) is 0 Å². The molecule has 1 heterocycles. The highest BCUT2D eigenvalue weighted by atomic mass is 16.3. The average Bonchev–Trinajstić information content (AvgIpc) is 2.42. The number of carbonyl (C=O) groups is 1. The van der Waals surface area contributed by atoms with Crippen molar-refractivity contribution in [3.8, 4) is 11.8 Å². The number of nitrogens with zero attached hydrogens (tertiary/aromatic N) is 1. The number of aliphatic hydroxyl groups is 1. The highest BCUT2D eigenvalue weighted by Crippen LogP contribution is 2.20. The average molecular weight is 181 g/mol. The number of carbonyl (C=O) groups excluding carboxylic acids is 1. The predicted octanol–water partition coefficient (Wildman–Crippen LogP) is 0.729. The van der Waals surface area contributed by atoms with Crippen LogP contribution in [0.15, 0.2) is 0 Å². The highest BCUT2D eigenvalue weighted by molar-refractivity contribution is 5.78. The minimum absolute atomic E-state index is 0.0254. The molecule has 1 aliphatic heterocycles. The Labute approximate surface area is 78.7 Å². The smallest absolute Gasteiger partial charge is 0.225 e. The van der Waals surface area contributed by atoms with Gasteiger partial charge < -0.3 is 10.0 Å². The van der Waals surface area contributed by atoms with Crippen LogP contribution < -0.4 is 0 Å². The lowest BCUT2D eigenvalue weighted by Gasteiger charge is -2.26. The Balaban J connectivity index is 2.57. The topological polar surface area (TPSA) is 40.5 Å². The first-order valence-corrected chi connectivity index (χ1v) is 4.55. The van der Waals surface area contributed by atoms with Crippen LogP contribution in [0, 0.1) is 11.8 Å². The molecule has 0 saturated carbocycles. The van der Waals surface area contributed by atoms with Crippen molar-refractivity contribution < 1.29 is 9.90 Å². The maximum Gasteiger partial charge on any atom is 0.225 e. The standard InChI is InChI=1S/C10H15NO2/c1-3-4-5-8(2)11-9(12)6-7-10(11)13/h8-9,12H,5-7H2,1-2H3. The van der Waals surface area contributed by atoms with E-state index in [2.05, 4.69) is 11.8 Å². The molecule has 1 rings (SSSR count). The Bertz CT molecular complexity index is 251. The summed E-state index contributed by atoms with van der Waals surface area (Å²) in [5.74, 6) is 5.73. The maximum absolute atomic E-state index is 11.3. The van der Waals surface area contributed by atoms with E-state index in [9.17, 15) is 9.90 Å². The lowest BCUT2D eigenvalue weighted by Crippen LogP contribution is -2.39. The van der Waals surface area contributed by atoms with E-state index in [0.717, 1.165) is 0 Å². The van der Waals surface area contributed by atoms with Crippen molar-refractivity contribution >= 4 is 5.91 Å². The van der Waals surface area contributed by atoms with E-state index in [4.69, 9.17) is 0 Å². The molecule has 13 heavy (non-hydrogen) atoms. The fourth-order valence-electron chi connectivity index (χ4n) is 1.57. The fourth-order valence-corrected chi connectivity index (χ4v) is 1.57. The maximum atomic E-state index is 11.3. The van der Waals surface area contributed by atoms with Gasteiger partial charge >= 0.3 is 0 Å². The summed E-state index contributed by atoms with van der Waals surface area (Å²) in [6.45, 7) is 3.69. The van der Waals surface area contributed by atoms with Gasteiger partial charge in [0.25, 0.3) is 0 Å². The van der Waals surface area contributed by atoms with Gasteiger partial charge in [0.1, 0.15) is 6.23 Å². The normalized spacial score (nSPS) is 24.1. The molecule has 0 aliphatic carbocycles. The Kier molecular flexibility index (Phi) is 3.32. The number of amides is 1. The van der Waals surface area contributed by atoms with Gasteiger partial charge in [-0.2, -0.15) is 0 Å². The molecule has 3 nitrogen and oxygen atoms in total. The SMILES string of the molecule is CC#CCC(C)N1C(=O)CCC1O. The monoisotopic (exact) mass is 181 g/mol. The molecule has 0 spiro atoms. The number of hydrogen-bond donors (Lipinski definition) is 1. The summed E-state index contributed by atoms with van der Waals surface area (Å²) in [5, 5.41) is 9.49. The summed E-state index contributed by atoms with van der Waals surface area (Å²) >= 11 is 0.